The maximum absolute atomic E-state index is 11.0. The minimum atomic E-state index is -1.03. The molecule has 3 nitrogen and oxygen atoms in total. The Morgan fingerprint density at radius 2 is 1.89 bits per heavy atom. The Morgan fingerprint density at radius 3 is 2.47 bits per heavy atom. The van der Waals surface area contributed by atoms with Gasteiger partial charge in [0, 0.05) is 0 Å². The third-order valence-corrected chi connectivity index (χ3v) is 3.94. The van der Waals surface area contributed by atoms with Gasteiger partial charge >= 0.3 is 5.97 Å². The number of hydrogen-bond acceptors (Lipinski definition) is 2. The molecular weight excluding hydrogens is 264 g/mol. The largest absolute Gasteiger partial charge is 0.490 e. The van der Waals surface area contributed by atoms with E-state index in [4.69, 9.17) is 21.4 Å². The van der Waals surface area contributed by atoms with Gasteiger partial charge in [-0.05, 0) is 49.3 Å². The van der Waals surface area contributed by atoms with Gasteiger partial charge in [0.25, 0.3) is 0 Å². The topological polar surface area (TPSA) is 46.5 Å². The van der Waals surface area contributed by atoms with Crippen LogP contribution in [0.25, 0.3) is 0 Å². The number of carboxylic acid groups (broad SMARTS) is 1. The molecule has 1 aliphatic carbocycles. The van der Waals surface area contributed by atoms with Gasteiger partial charge in [0.15, 0.2) is 0 Å². The Bertz CT molecular complexity index is 462. The summed E-state index contributed by atoms with van der Waals surface area (Å²) >= 11 is 5.84. The lowest BCUT2D eigenvalue weighted by molar-refractivity contribution is 0.0694. The zero-order valence-electron chi connectivity index (χ0n) is 11.2. The van der Waals surface area contributed by atoms with Gasteiger partial charge in [-0.2, -0.15) is 0 Å². The summed E-state index contributed by atoms with van der Waals surface area (Å²) in [5.74, 6) is 0.869. The second-order valence-electron chi connectivity index (χ2n) is 5.60. The highest BCUT2D eigenvalue weighted by Gasteiger charge is 2.25. The van der Waals surface area contributed by atoms with Crippen molar-refractivity contribution in [2.45, 2.75) is 39.2 Å². The van der Waals surface area contributed by atoms with Crippen molar-refractivity contribution in [3.63, 3.8) is 0 Å². The van der Waals surface area contributed by atoms with Crippen LogP contribution in [0.2, 0.25) is 5.02 Å². The summed E-state index contributed by atoms with van der Waals surface area (Å²) in [7, 11) is 0. The summed E-state index contributed by atoms with van der Waals surface area (Å²) < 4.78 is 5.92. The van der Waals surface area contributed by atoms with Gasteiger partial charge in [-0.15, -0.1) is 0 Å². The number of aromatic carboxylic acids is 1. The molecule has 1 fully saturated rings. The Labute approximate surface area is 118 Å². The van der Waals surface area contributed by atoms with E-state index in [1.165, 1.54) is 12.5 Å². The van der Waals surface area contributed by atoms with Crippen LogP contribution in [0.15, 0.2) is 18.2 Å². The minimum Gasteiger partial charge on any atom is -0.490 e. The van der Waals surface area contributed by atoms with Gasteiger partial charge in [-0.1, -0.05) is 25.4 Å². The van der Waals surface area contributed by atoms with Crippen molar-refractivity contribution < 1.29 is 14.6 Å². The molecule has 0 bridgehead atoms. The predicted octanol–water partition coefficient (Wildman–Crippen LogP) is 4.24. The van der Waals surface area contributed by atoms with E-state index >= 15 is 0 Å². The molecule has 2 atom stereocenters. The van der Waals surface area contributed by atoms with Gasteiger partial charge < -0.3 is 9.84 Å². The highest BCUT2D eigenvalue weighted by molar-refractivity contribution is 6.33. The van der Waals surface area contributed by atoms with Crippen LogP contribution in [-0.4, -0.2) is 17.2 Å². The summed E-state index contributed by atoms with van der Waals surface area (Å²) in [5, 5.41) is 9.28. The SMILES string of the molecule is CC1CC(C)CC(Oc2ccc(Cl)c(C(=O)O)c2)C1. The lowest BCUT2D eigenvalue weighted by Crippen LogP contribution is -2.28. The standard InChI is InChI=1S/C15H19ClO3/c1-9-5-10(2)7-12(6-9)19-11-3-4-14(16)13(8-11)15(17)18/h3-4,8-10,12H,5-7H2,1-2H3,(H,17,18). The molecule has 0 aliphatic heterocycles. The number of benzene rings is 1. The lowest BCUT2D eigenvalue weighted by Gasteiger charge is -2.31. The third-order valence-electron chi connectivity index (χ3n) is 3.61. The third kappa shape index (κ3) is 3.63. The molecule has 0 aromatic heterocycles. The van der Waals surface area contributed by atoms with E-state index in [2.05, 4.69) is 13.8 Å². The average molecular weight is 283 g/mol. The Kier molecular flexibility index (Phi) is 4.35. The fourth-order valence-corrected chi connectivity index (χ4v) is 3.10. The van der Waals surface area contributed by atoms with Crippen LogP contribution in [0, 0.1) is 11.8 Å². The summed E-state index contributed by atoms with van der Waals surface area (Å²) in [4.78, 5) is 11.0. The zero-order chi connectivity index (χ0) is 14.0. The maximum Gasteiger partial charge on any atom is 0.337 e. The Morgan fingerprint density at radius 1 is 1.26 bits per heavy atom. The summed E-state index contributed by atoms with van der Waals surface area (Å²) in [6.45, 7) is 4.47. The number of ether oxygens (including phenoxy) is 1. The minimum absolute atomic E-state index is 0.0936. The van der Waals surface area contributed by atoms with Gasteiger partial charge in [0.05, 0.1) is 16.7 Å². The van der Waals surface area contributed by atoms with E-state index < -0.39 is 5.97 Å². The smallest absolute Gasteiger partial charge is 0.337 e. The lowest BCUT2D eigenvalue weighted by atomic mass is 9.82. The fraction of sp³-hybridized carbons (Fsp3) is 0.533. The number of rotatable bonds is 3. The first kappa shape index (κ1) is 14.2. The first-order valence-electron chi connectivity index (χ1n) is 6.65. The molecule has 1 saturated carbocycles. The zero-order valence-corrected chi connectivity index (χ0v) is 12.0. The number of hydrogen-bond donors (Lipinski definition) is 1. The number of carbonyl (C=O) groups is 1. The van der Waals surface area contributed by atoms with Crippen LogP contribution < -0.4 is 4.74 Å². The second kappa shape index (κ2) is 5.83. The van der Waals surface area contributed by atoms with Gasteiger partial charge in [-0.3, -0.25) is 0 Å². The number of carboxylic acids is 1. The van der Waals surface area contributed by atoms with E-state index in [1.807, 2.05) is 0 Å². The second-order valence-corrected chi connectivity index (χ2v) is 6.01. The predicted molar refractivity (Wildman–Crippen MR) is 75.0 cm³/mol. The Balaban J connectivity index is 2.10. The van der Waals surface area contributed by atoms with E-state index in [1.54, 1.807) is 12.1 Å². The van der Waals surface area contributed by atoms with E-state index in [-0.39, 0.29) is 16.7 Å². The molecule has 19 heavy (non-hydrogen) atoms. The van der Waals surface area contributed by atoms with E-state index in [9.17, 15) is 4.79 Å². The molecule has 104 valence electrons. The van der Waals surface area contributed by atoms with Gasteiger partial charge in [0.1, 0.15) is 5.75 Å². The van der Waals surface area contributed by atoms with E-state index in [0.29, 0.717) is 17.6 Å². The van der Waals surface area contributed by atoms with Crippen molar-refractivity contribution in [3.05, 3.63) is 28.8 Å². The van der Waals surface area contributed by atoms with Crippen LogP contribution in [-0.2, 0) is 0 Å². The monoisotopic (exact) mass is 282 g/mol. The van der Waals surface area contributed by atoms with Crippen LogP contribution in [0.1, 0.15) is 43.5 Å². The van der Waals surface area contributed by atoms with Crippen LogP contribution in [0.3, 0.4) is 0 Å². The van der Waals surface area contributed by atoms with Crippen LogP contribution in [0.4, 0.5) is 0 Å². The normalized spacial score (nSPS) is 27.0. The van der Waals surface area contributed by atoms with Crippen molar-refractivity contribution in [3.8, 4) is 5.75 Å². The molecule has 1 N–H and O–H groups in total. The van der Waals surface area contributed by atoms with Crippen molar-refractivity contribution in [2.75, 3.05) is 0 Å². The molecule has 0 radical (unpaired) electrons. The quantitative estimate of drug-likeness (QED) is 0.902. The summed E-state index contributed by atoms with van der Waals surface area (Å²) in [6.07, 6.45) is 3.45. The highest BCUT2D eigenvalue weighted by Crippen LogP contribution is 2.32. The first-order chi connectivity index (χ1) is 8.95. The molecule has 1 aromatic rings. The molecule has 0 spiro atoms. The average Bonchev–Trinajstić information content (AvgIpc) is 2.30. The highest BCUT2D eigenvalue weighted by atomic mass is 35.5. The van der Waals surface area contributed by atoms with E-state index in [0.717, 1.165) is 12.8 Å². The molecule has 0 heterocycles. The fourth-order valence-electron chi connectivity index (χ4n) is 2.90. The Hall–Kier alpha value is -1.22. The van der Waals surface area contributed by atoms with Crippen molar-refractivity contribution in [1.82, 2.24) is 0 Å². The first-order valence-corrected chi connectivity index (χ1v) is 7.03. The molecule has 1 aromatic carbocycles. The van der Waals surface area contributed by atoms with Gasteiger partial charge in [0.2, 0.25) is 0 Å². The molecule has 0 saturated heterocycles. The molecule has 2 rings (SSSR count). The van der Waals surface area contributed by atoms with Crippen molar-refractivity contribution >= 4 is 17.6 Å². The van der Waals surface area contributed by atoms with Crippen LogP contribution in [0.5, 0.6) is 5.75 Å². The molecule has 0 amide bonds. The van der Waals surface area contributed by atoms with Crippen LogP contribution >= 0.6 is 11.6 Å². The molecule has 4 heteroatoms. The summed E-state index contributed by atoms with van der Waals surface area (Å²) in [5.41, 5.74) is 0.0936. The van der Waals surface area contributed by atoms with Crippen molar-refractivity contribution in [2.24, 2.45) is 11.8 Å². The molecule has 2 unspecified atom stereocenters. The van der Waals surface area contributed by atoms with Crippen molar-refractivity contribution in [1.29, 1.82) is 0 Å². The number of halogens is 1. The molecule has 1 aliphatic rings. The summed E-state index contributed by atoms with van der Waals surface area (Å²) in [6, 6.07) is 4.82. The van der Waals surface area contributed by atoms with Gasteiger partial charge in [-0.25, -0.2) is 4.79 Å². The maximum atomic E-state index is 11.0. The molecular formula is C15H19ClO3.